The summed E-state index contributed by atoms with van der Waals surface area (Å²) in [6.45, 7) is -2.86. The van der Waals surface area contributed by atoms with E-state index in [0.717, 1.165) is 17.3 Å². The Hall–Kier alpha value is -4.35. The lowest BCUT2D eigenvalue weighted by Crippen LogP contribution is -2.13. The van der Waals surface area contributed by atoms with Crippen molar-refractivity contribution in [3.8, 4) is 23.1 Å². The van der Waals surface area contributed by atoms with Crippen LogP contribution in [0, 0.1) is 13.8 Å². The quantitative estimate of drug-likeness (QED) is 0.233. The first-order valence-corrected chi connectivity index (χ1v) is 12.7. The van der Waals surface area contributed by atoms with Crippen LogP contribution in [-0.2, 0) is 20.9 Å². The number of pyridine rings is 3. The lowest BCUT2D eigenvalue weighted by atomic mass is 10.2. The number of oxazole rings is 1. The third-order valence-electron chi connectivity index (χ3n) is 5.21. The van der Waals surface area contributed by atoms with Gasteiger partial charge >= 0.3 is 0 Å². The highest BCUT2D eigenvalue weighted by Crippen LogP contribution is 2.25. The Morgan fingerprint density at radius 3 is 2.45 bits per heavy atom. The highest BCUT2D eigenvalue weighted by atomic mass is 32.2. The summed E-state index contributed by atoms with van der Waals surface area (Å²) in [6, 6.07) is 13.7. The predicted octanol–water partition coefficient (Wildman–Crippen LogP) is 4.66. The smallest absolute Gasteiger partial charge is 0.297 e. The van der Waals surface area contributed by atoms with E-state index in [0.29, 0.717) is 34.3 Å². The van der Waals surface area contributed by atoms with Gasteiger partial charge in [-0.05, 0) is 55.8 Å². The third-order valence-corrected chi connectivity index (χ3v) is 6.37. The molecule has 0 saturated carbocycles. The number of benzene rings is 1. The molecule has 0 unspecified atom stereocenters. The molecule has 11 heteroatoms. The van der Waals surface area contributed by atoms with Gasteiger partial charge in [0.1, 0.15) is 42.4 Å². The maximum absolute atomic E-state index is 12.5. The van der Waals surface area contributed by atoms with Crippen LogP contribution in [0.5, 0.6) is 11.5 Å². The van der Waals surface area contributed by atoms with Crippen molar-refractivity contribution >= 4 is 21.3 Å². The molecule has 0 fully saturated rings. The van der Waals surface area contributed by atoms with Crippen LogP contribution >= 0.6 is 0 Å². The summed E-state index contributed by atoms with van der Waals surface area (Å²) in [5, 5.41) is 0. The molecule has 0 aliphatic carbocycles. The first kappa shape index (κ1) is 20.7. The molecule has 1 aromatic carbocycles. The summed E-state index contributed by atoms with van der Waals surface area (Å²) in [7, 11) is -4.62. The van der Waals surface area contributed by atoms with E-state index in [9.17, 15) is 8.42 Å². The number of nitrogens with zero attached hydrogens (tertiary/aromatic N) is 4. The standard InChI is InChI=1S/C27H24N4O6S/c1-18-3-7-23(8-4-18)38(32,33)36-12-11-34-21-6-5-20(29-15-21)17-35-22-14-25-26(30-16-22)37-27(31-25)24-13-19(2)9-10-28-24/h3-10,13-16H,11-12,17H2,1-2H3/i11D2,12D2. The second-order valence-electron chi connectivity index (χ2n) is 8.16. The van der Waals surface area contributed by atoms with Crippen LogP contribution in [0.1, 0.15) is 22.3 Å². The molecular weight excluding hydrogens is 508 g/mol. The van der Waals surface area contributed by atoms with Crippen LogP contribution in [0.15, 0.2) is 82.5 Å². The van der Waals surface area contributed by atoms with E-state index < -0.39 is 23.2 Å². The highest BCUT2D eigenvalue weighted by Gasteiger charge is 2.15. The zero-order valence-electron chi connectivity index (χ0n) is 24.3. The van der Waals surface area contributed by atoms with Gasteiger partial charge in [0, 0.05) is 12.3 Å². The van der Waals surface area contributed by atoms with Crippen LogP contribution in [-0.4, -0.2) is 41.5 Å². The van der Waals surface area contributed by atoms with Crippen molar-refractivity contribution in [1.82, 2.24) is 19.9 Å². The zero-order chi connectivity index (χ0) is 30.1. The molecule has 0 saturated heterocycles. The second-order valence-corrected chi connectivity index (χ2v) is 9.71. The van der Waals surface area contributed by atoms with E-state index in [1.165, 1.54) is 42.6 Å². The first-order chi connectivity index (χ1) is 19.8. The predicted molar refractivity (Wildman–Crippen MR) is 138 cm³/mol. The first-order valence-electron chi connectivity index (χ1n) is 13.3. The second kappa shape index (κ2) is 11.0. The van der Waals surface area contributed by atoms with Crippen LogP contribution in [0.3, 0.4) is 0 Å². The van der Waals surface area contributed by atoms with Gasteiger partial charge in [0.05, 0.1) is 28.5 Å². The number of ether oxygens (including phenoxy) is 2. The summed E-state index contributed by atoms with van der Waals surface area (Å²) >= 11 is 0. The largest absolute Gasteiger partial charge is 0.490 e. The van der Waals surface area contributed by atoms with E-state index >= 15 is 0 Å². The summed E-state index contributed by atoms with van der Waals surface area (Å²) in [4.78, 5) is 16.8. The maximum atomic E-state index is 12.5. The van der Waals surface area contributed by atoms with Crippen molar-refractivity contribution in [2.24, 2.45) is 0 Å². The fourth-order valence-corrected chi connectivity index (χ4v) is 3.97. The molecule has 0 radical (unpaired) electrons. The Bertz CT molecular complexity index is 1830. The molecule has 10 nitrogen and oxygen atoms in total. The number of aromatic nitrogens is 4. The van der Waals surface area contributed by atoms with Crippen LogP contribution in [0.2, 0.25) is 0 Å². The zero-order valence-corrected chi connectivity index (χ0v) is 21.1. The van der Waals surface area contributed by atoms with E-state index in [-0.39, 0.29) is 17.3 Å². The molecular formula is C27H24N4O6S. The Balaban J connectivity index is 1.21. The van der Waals surface area contributed by atoms with Crippen molar-refractivity contribution in [2.75, 3.05) is 13.1 Å². The summed E-state index contributed by atoms with van der Waals surface area (Å²) in [5.74, 6) is 0.572. The summed E-state index contributed by atoms with van der Waals surface area (Å²) < 4.78 is 78.1. The molecule has 0 bridgehead atoms. The van der Waals surface area contributed by atoms with Gasteiger partial charge in [0.2, 0.25) is 11.6 Å². The van der Waals surface area contributed by atoms with Gasteiger partial charge in [0.15, 0.2) is 0 Å². The Kier molecular flexibility index (Phi) is 5.96. The van der Waals surface area contributed by atoms with Crippen molar-refractivity contribution in [1.29, 1.82) is 0 Å². The van der Waals surface area contributed by atoms with Crippen LogP contribution in [0.25, 0.3) is 22.8 Å². The molecule has 0 aliphatic heterocycles. The Morgan fingerprint density at radius 2 is 1.68 bits per heavy atom. The van der Waals surface area contributed by atoms with Gasteiger partial charge in [-0.3, -0.25) is 14.2 Å². The highest BCUT2D eigenvalue weighted by molar-refractivity contribution is 7.86. The van der Waals surface area contributed by atoms with Gasteiger partial charge in [-0.25, -0.2) is 9.97 Å². The van der Waals surface area contributed by atoms with Crippen molar-refractivity contribution in [3.63, 3.8) is 0 Å². The van der Waals surface area contributed by atoms with Gasteiger partial charge in [-0.1, -0.05) is 17.7 Å². The minimum absolute atomic E-state index is 0.0171. The summed E-state index contributed by atoms with van der Waals surface area (Å²) in [6.07, 6.45) is 4.29. The minimum atomic E-state index is -4.62. The Labute approximate surface area is 225 Å². The molecule has 4 aromatic heterocycles. The van der Waals surface area contributed by atoms with E-state index in [4.69, 9.17) is 19.4 Å². The molecule has 0 N–H and O–H groups in total. The van der Waals surface area contributed by atoms with Crippen LogP contribution < -0.4 is 9.47 Å². The lowest BCUT2D eigenvalue weighted by Gasteiger charge is -2.09. The lowest BCUT2D eigenvalue weighted by molar-refractivity contribution is 0.220. The van der Waals surface area contributed by atoms with E-state index in [2.05, 4.69) is 24.1 Å². The summed E-state index contributed by atoms with van der Waals surface area (Å²) in [5.41, 5.74) is 3.62. The molecule has 194 valence electrons. The topological polar surface area (TPSA) is 127 Å². The third kappa shape index (κ3) is 6.13. The van der Waals surface area contributed by atoms with Gasteiger partial charge in [-0.15, -0.1) is 0 Å². The van der Waals surface area contributed by atoms with Crippen molar-refractivity contribution < 1.29 is 32.0 Å². The number of hydrogen-bond donors (Lipinski definition) is 0. The molecule has 5 aromatic rings. The fourth-order valence-electron chi connectivity index (χ4n) is 3.26. The molecule has 0 spiro atoms. The molecule has 0 atom stereocenters. The molecule has 4 heterocycles. The Morgan fingerprint density at radius 1 is 0.868 bits per heavy atom. The monoisotopic (exact) mass is 536 g/mol. The SMILES string of the molecule is [2H]C([2H])(Oc1ccc(COc2cnc3oc(-c4cc(C)ccn4)nc3c2)nc1)C([2H])([2H])OS(=O)(=O)c1ccc(C)cc1. The number of fused-ring (bicyclic) bond motifs is 1. The van der Waals surface area contributed by atoms with Crippen molar-refractivity contribution in [2.45, 2.75) is 25.3 Å². The van der Waals surface area contributed by atoms with Crippen molar-refractivity contribution in [3.05, 3.63) is 90.0 Å². The minimum Gasteiger partial charge on any atom is -0.490 e. The van der Waals surface area contributed by atoms with Gasteiger partial charge in [0.25, 0.3) is 10.1 Å². The average Bonchev–Trinajstić information content (AvgIpc) is 3.36. The fraction of sp³-hybridized carbons (Fsp3) is 0.185. The number of hydrogen-bond acceptors (Lipinski definition) is 10. The normalized spacial score (nSPS) is 13.8. The van der Waals surface area contributed by atoms with Gasteiger partial charge in [-0.2, -0.15) is 8.42 Å². The van der Waals surface area contributed by atoms with Crippen LogP contribution in [0.4, 0.5) is 0 Å². The van der Waals surface area contributed by atoms with E-state index in [1.54, 1.807) is 19.2 Å². The number of aryl methyl sites for hydroxylation is 2. The maximum Gasteiger partial charge on any atom is 0.297 e. The molecule has 38 heavy (non-hydrogen) atoms. The van der Waals surface area contributed by atoms with E-state index in [1.807, 2.05) is 19.1 Å². The average molecular weight is 537 g/mol. The number of rotatable bonds is 10. The molecule has 5 rings (SSSR count). The van der Waals surface area contributed by atoms with Gasteiger partial charge < -0.3 is 13.9 Å². The molecule has 0 aliphatic rings. The molecule has 0 amide bonds.